The Morgan fingerprint density at radius 1 is 1.18 bits per heavy atom. The van der Waals surface area contributed by atoms with Crippen LogP contribution < -0.4 is 10.1 Å². The van der Waals surface area contributed by atoms with E-state index in [-0.39, 0.29) is 6.61 Å². The number of aromatic nitrogens is 5. The van der Waals surface area contributed by atoms with Crippen molar-refractivity contribution in [2.24, 2.45) is 7.05 Å². The normalized spacial score (nSPS) is 11.1. The third-order valence-electron chi connectivity index (χ3n) is 5.39. The van der Waals surface area contributed by atoms with Crippen molar-refractivity contribution >= 4 is 28.3 Å². The molecule has 1 aromatic carbocycles. The monoisotopic (exact) mass is 460 g/mol. The van der Waals surface area contributed by atoms with Crippen molar-refractivity contribution < 1.29 is 9.26 Å². The largest absolute Gasteiger partial charge is 0.487 e. The molecule has 166 valence electrons. The Morgan fingerprint density at radius 2 is 2.09 bits per heavy atom. The number of ether oxygens (including phenoxy) is 1. The second-order valence-electron chi connectivity index (χ2n) is 7.59. The zero-order chi connectivity index (χ0) is 22.8. The van der Waals surface area contributed by atoms with E-state index in [2.05, 4.69) is 26.6 Å². The SMILES string of the molecule is Cc1cc(-c2ccnn2C)c2cccc(OCc3c(Cl)cncc3CNc3ccon3)c2n1. The van der Waals surface area contributed by atoms with Crippen molar-refractivity contribution in [3.8, 4) is 17.0 Å². The summed E-state index contributed by atoms with van der Waals surface area (Å²) in [5.74, 6) is 1.32. The molecule has 8 nitrogen and oxygen atoms in total. The first-order valence-corrected chi connectivity index (χ1v) is 10.7. The lowest BCUT2D eigenvalue weighted by Crippen LogP contribution is -2.07. The van der Waals surface area contributed by atoms with Gasteiger partial charge in [-0.1, -0.05) is 28.9 Å². The van der Waals surface area contributed by atoms with Crippen LogP contribution in [0.5, 0.6) is 5.75 Å². The molecule has 0 aliphatic carbocycles. The fraction of sp³-hybridized carbons (Fsp3) is 0.167. The Bertz CT molecular complexity index is 1410. The first-order chi connectivity index (χ1) is 16.1. The van der Waals surface area contributed by atoms with Gasteiger partial charge in [0.1, 0.15) is 24.1 Å². The topological polar surface area (TPSA) is 90.9 Å². The van der Waals surface area contributed by atoms with Crippen LogP contribution in [0.25, 0.3) is 22.2 Å². The fourth-order valence-corrected chi connectivity index (χ4v) is 4.00. The maximum atomic E-state index is 6.48. The van der Waals surface area contributed by atoms with Gasteiger partial charge in [0.2, 0.25) is 0 Å². The van der Waals surface area contributed by atoms with Gasteiger partial charge in [-0.05, 0) is 30.7 Å². The average Bonchev–Trinajstić information content (AvgIpc) is 3.48. The second-order valence-corrected chi connectivity index (χ2v) is 8.00. The van der Waals surface area contributed by atoms with Gasteiger partial charge in [0.25, 0.3) is 0 Å². The van der Waals surface area contributed by atoms with Gasteiger partial charge in [0.15, 0.2) is 5.82 Å². The quantitative estimate of drug-likeness (QED) is 0.358. The van der Waals surface area contributed by atoms with E-state index in [1.54, 1.807) is 24.7 Å². The lowest BCUT2D eigenvalue weighted by atomic mass is 10.0. The lowest BCUT2D eigenvalue weighted by molar-refractivity contribution is 0.308. The first-order valence-electron chi connectivity index (χ1n) is 10.4. The molecule has 4 heterocycles. The zero-order valence-corrected chi connectivity index (χ0v) is 18.9. The molecular weight excluding hydrogens is 440 g/mol. The van der Waals surface area contributed by atoms with Gasteiger partial charge in [0, 0.05) is 60.5 Å². The zero-order valence-electron chi connectivity index (χ0n) is 18.1. The van der Waals surface area contributed by atoms with Crippen molar-refractivity contribution in [1.82, 2.24) is 24.9 Å². The predicted octanol–water partition coefficient (Wildman–Crippen LogP) is 5.17. The number of pyridine rings is 2. The molecule has 0 amide bonds. The lowest BCUT2D eigenvalue weighted by Gasteiger charge is -2.15. The highest BCUT2D eigenvalue weighted by Gasteiger charge is 2.15. The number of rotatable bonds is 7. The molecule has 0 atom stereocenters. The van der Waals surface area contributed by atoms with Crippen molar-refractivity contribution in [2.45, 2.75) is 20.1 Å². The number of hydrogen-bond acceptors (Lipinski definition) is 7. The average molecular weight is 461 g/mol. The molecule has 0 aliphatic heterocycles. The molecule has 0 unspecified atom stereocenters. The van der Waals surface area contributed by atoms with E-state index in [9.17, 15) is 0 Å². The van der Waals surface area contributed by atoms with E-state index in [0.717, 1.165) is 39.0 Å². The standard InChI is InChI=1S/C24H21ClN6O2/c1-15-10-18(21-6-8-28-31(21)2)17-4-3-5-22(24(17)29-15)32-14-19-16(11-26-13-20(19)25)12-27-23-7-9-33-30-23/h3-11,13H,12,14H2,1-2H3,(H,27,30). The smallest absolute Gasteiger partial charge is 0.169 e. The number of aryl methyl sites for hydroxylation is 2. The van der Waals surface area contributed by atoms with Crippen LogP contribution in [0.15, 0.2) is 65.8 Å². The van der Waals surface area contributed by atoms with Gasteiger partial charge in [-0.3, -0.25) is 9.67 Å². The number of fused-ring (bicyclic) bond motifs is 1. The van der Waals surface area contributed by atoms with Gasteiger partial charge < -0.3 is 14.6 Å². The number of halogens is 1. The molecule has 0 saturated carbocycles. The first kappa shape index (κ1) is 21.0. The van der Waals surface area contributed by atoms with Crippen LogP contribution in [0.4, 0.5) is 5.82 Å². The Morgan fingerprint density at radius 3 is 2.88 bits per heavy atom. The summed E-state index contributed by atoms with van der Waals surface area (Å²) in [5.41, 5.74) is 5.52. The van der Waals surface area contributed by atoms with Crippen LogP contribution in [-0.2, 0) is 20.2 Å². The molecule has 1 N–H and O–H groups in total. The van der Waals surface area contributed by atoms with Crippen molar-refractivity contribution in [1.29, 1.82) is 0 Å². The van der Waals surface area contributed by atoms with Gasteiger partial charge in [-0.2, -0.15) is 5.10 Å². The summed E-state index contributed by atoms with van der Waals surface area (Å²) in [7, 11) is 1.93. The van der Waals surface area contributed by atoms with E-state index < -0.39 is 0 Å². The molecule has 5 aromatic rings. The maximum absolute atomic E-state index is 6.48. The van der Waals surface area contributed by atoms with Crippen LogP contribution in [0.3, 0.4) is 0 Å². The molecule has 0 fully saturated rings. The van der Waals surface area contributed by atoms with Crippen LogP contribution in [0.2, 0.25) is 5.02 Å². The van der Waals surface area contributed by atoms with E-state index in [4.69, 9.17) is 25.8 Å². The Labute approximate surface area is 195 Å². The fourth-order valence-electron chi connectivity index (χ4n) is 3.77. The highest BCUT2D eigenvalue weighted by molar-refractivity contribution is 6.31. The summed E-state index contributed by atoms with van der Waals surface area (Å²) in [6, 6.07) is 11.7. The minimum atomic E-state index is 0.271. The molecule has 33 heavy (non-hydrogen) atoms. The molecule has 0 radical (unpaired) electrons. The summed E-state index contributed by atoms with van der Waals surface area (Å²) in [6.45, 7) is 2.73. The Balaban J connectivity index is 1.46. The molecule has 0 spiro atoms. The number of nitrogens with one attached hydrogen (secondary N) is 1. The Hall–Kier alpha value is -3.91. The minimum Gasteiger partial charge on any atom is -0.487 e. The third kappa shape index (κ3) is 4.25. The third-order valence-corrected chi connectivity index (χ3v) is 5.72. The second kappa shape index (κ2) is 8.91. The molecular formula is C24H21ClN6O2. The minimum absolute atomic E-state index is 0.271. The molecule has 0 saturated heterocycles. The highest BCUT2D eigenvalue weighted by Crippen LogP contribution is 2.33. The summed E-state index contributed by atoms with van der Waals surface area (Å²) < 4.78 is 13.0. The maximum Gasteiger partial charge on any atom is 0.169 e. The van der Waals surface area contributed by atoms with Gasteiger partial charge in [-0.15, -0.1) is 0 Å². The summed E-state index contributed by atoms with van der Waals surface area (Å²) in [5, 5.41) is 12.9. The molecule has 0 aliphatic rings. The van der Waals surface area contributed by atoms with Crippen LogP contribution in [-0.4, -0.2) is 24.9 Å². The molecule has 0 bridgehead atoms. The van der Waals surface area contributed by atoms with E-state index >= 15 is 0 Å². The summed E-state index contributed by atoms with van der Waals surface area (Å²) >= 11 is 6.48. The van der Waals surface area contributed by atoms with E-state index in [1.165, 1.54) is 6.26 Å². The molecule has 9 heteroatoms. The number of nitrogens with zero attached hydrogens (tertiary/aromatic N) is 5. The highest BCUT2D eigenvalue weighted by atomic mass is 35.5. The van der Waals surface area contributed by atoms with Crippen LogP contribution in [0, 0.1) is 6.92 Å². The van der Waals surface area contributed by atoms with E-state index in [1.807, 2.05) is 42.9 Å². The van der Waals surface area contributed by atoms with Crippen molar-refractivity contribution in [3.05, 3.63) is 83.1 Å². The predicted molar refractivity (Wildman–Crippen MR) is 126 cm³/mol. The Kier molecular flexibility index (Phi) is 5.66. The van der Waals surface area contributed by atoms with Crippen molar-refractivity contribution in [3.63, 3.8) is 0 Å². The van der Waals surface area contributed by atoms with E-state index in [0.29, 0.717) is 23.1 Å². The number of benzene rings is 1. The molecule has 5 rings (SSSR count). The van der Waals surface area contributed by atoms with Crippen LogP contribution in [0.1, 0.15) is 16.8 Å². The van der Waals surface area contributed by atoms with Gasteiger partial charge >= 0.3 is 0 Å². The summed E-state index contributed by atoms with van der Waals surface area (Å²) in [6.07, 6.45) is 6.69. The van der Waals surface area contributed by atoms with Crippen LogP contribution >= 0.6 is 11.6 Å². The number of hydrogen-bond donors (Lipinski definition) is 1. The van der Waals surface area contributed by atoms with Gasteiger partial charge in [-0.25, -0.2) is 4.98 Å². The molecule has 4 aromatic heterocycles. The van der Waals surface area contributed by atoms with Gasteiger partial charge in [0.05, 0.1) is 10.7 Å². The summed E-state index contributed by atoms with van der Waals surface area (Å²) in [4.78, 5) is 8.99. The number of para-hydroxylation sites is 1. The number of anilines is 1. The van der Waals surface area contributed by atoms with Crippen molar-refractivity contribution in [2.75, 3.05) is 5.32 Å².